The zero-order valence-corrected chi connectivity index (χ0v) is 14.5. The molecule has 0 aliphatic heterocycles. The van der Waals surface area contributed by atoms with Gasteiger partial charge in [-0.05, 0) is 43.7 Å². The fourth-order valence-corrected chi connectivity index (χ4v) is 3.40. The molecular weight excluding hydrogens is 306 g/mol. The summed E-state index contributed by atoms with van der Waals surface area (Å²) in [5.74, 6) is 0. The Hall–Kier alpha value is -3.07. The highest BCUT2D eigenvalue weighted by molar-refractivity contribution is 5.86. The van der Waals surface area contributed by atoms with Crippen LogP contribution in [-0.4, -0.2) is 9.97 Å². The van der Waals surface area contributed by atoms with Crippen molar-refractivity contribution in [1.82, 2.24) is 9.97 Å². The van der Waals surface area contributed by atoms with Gasteiger partial charge in [-0.1, -0.05) is 42.5 Å². The first kappa shape index (κ1) is 15.5. The Bertz CT molecular complexity index is 1000. The molecule has 25 heavy (non-hydrogen) atoms. The van der Waals surface area contributed by atoms with E-state index < -0.39 is 0 Å². The van der Waals surface area contributed by atoms with Gasteiger partial charge in [-0.2, -0.15) is 0 Å². The van der Waals surface area contributed by atoms with Crippen molar-refractivity contribution < 1.29 is 0 Å². The predicted octanol–water partition coefficient (Wildman–Crippen LogP) is 5.38. The van der Waals surface area contributed by atoms with Crippen LogP contribution in [0.15, 0.2) is 72.9 Å². The molecule has 0 fully saturated rings. The maximum Gasteiger partial charge on any atom is 0.0963 e. The van der Waals surface area contributed by atoms with Crippen molar-refractivity contribution in [2.24, 2.45) is 0 Å². The van der Waals surface area contributed by atoms with Crippen LogP contribution in [0.5, 0.6) is 0 Å². The number of nitrogens with zero attached hydrogens (tertiary/aromatic N) is 1. The number of aromatic nitrogens is 2. The molecule has 1 atom stereocenters. The third-order valence-corrected chi connectivity index (χ3v) is 4.66. The molecule has 4 aromatic rings. The number of hydrogen-bond acceptors (Lipinski definition) is 2. The van der Waals surface area contributed by atoms with Gasteiger partial charge in [0.15, 0.2) is 0 Å². The quantitative estimate of drug-likeness (QED) is 0.528. The van der Waals surface area contributed by atoms with Crippen LogP contribution >= 0.6 is 0 Å². The van der Waals surface area contributed by atoms with E-state index in [1.807, 2.05) is 18.3 Å². The van der Waals surface area contributed by atoms with Crippen molar-refractivity contribution in [3.05, 3.63) is 95.4 Å². The Morgan fingerprint density at radius 3 is 2.44 bits per heavy atom. The van der Waals surface area contributed by atoms with E-state index in [1.165, 1.54) is 16.5 Å². The van der Waals surface area contributed by atoms with Crippen molar-refractivity contribution >= 4 is 16.6 Å². The van der Waals surface area contributed by atoms with Crippen LogP contribution in [0.25, 0.3) is 10.9 Å². The number of rotatable bonds is 4. The van der Waals surface area contributed by atoms with Gasteiger partial charge in [0.25, 0.3) is 0 Å². The Kier molecular flexibility index (Phi) is 3.98. The number of fused-ring (bicyclic) bond motifs is 1. The third kappa shape index (κ3) is 2.89. The summed E-state index contributed by atoms with van der Waals surface area (Å²) >= 11 is 0. The lowest BCUT2D eigenvalue weighted by atomic mass is 9.98. The van der Waals surface area contributed by atoms with E-state index in [-0.39, 0.29) is 6.04 Å². The number of benzene rings is 2. The Labute approximate surface area is 147 Å². The van der Waals surface area contributed by atoms with E-state index in [0.717, 1.165) is 22.6 Å². The van der Waals surface area contributed by atoms with E-state index in [0.29, 0.717) is 0 Å². The molecule has 0 saturated heterocycles. The number of aryl methyl sites for hydroxylation is 2. The second-order valence-corrected chi connectivity index (χ2v) is 6.36. The minimum absolute atomic E-state index is 0.0153. The average Bonchev–Trinajstić information content (AvgIpc) is 2.97. The van der Waals surface area contributed by atoms with Gasteiger partial charge in [-0.15, -0.1) is 0 Å². The van der Waals surface area contributed by atoms with Gasteiger partial charge in [0.2, 0.25) is 0 Å². The van der Waals surface area contributed by atoms with E-state index in [4.69, 9.17) is 0 Å². The minimum atomic E-state index is -0.0153. The van der Waals surface area contributed by atoms with Gasteiger partial charge in [-0.25, -0.2) is 0 Å². The molecular formula is C22H21N3. The third-order valence-electron chi connectivity index (χ3n) is 4.66. The van der Waals surface area contributed by atoms with Gasteiger partial charge in [0.05, 0.1) is 11.7 Å². The largest absolute Gasteiger partial charge is 0.372 e. The molecule has 0 aliphatic rings. The first-order valence-corrected chi connectivity index (χ1v) is 8.54. The number of pyridine rings is 1. The zero-order valence-electron chi connectivity index (χ0n) is 14.5. The zero-order chi connectivity index (χ0) is 17.2. The summed E-state index contributed by atoms with van der Waals surface area (Å²) in [4.78, 5) is 8.14. The maximum absolute atomic E-state index is 4.63. The number of aromatic amines is 1. The topological polar surface area (TPSA) is 40.7 Å². The van der Waals surface area contributed by atoms with Gasteiger partial charge < -0.3 is 10.3 Å². The predicted molar refractivity (Wildman–Crippen MR) is 104 cm³/mol. The maximum atomic E-state index is 4.63. The first-order valence-electron chi connectivity index (χ1n) is 8.54. The highest BCUT2D eigenvalue weighted by atomic mass is 15.0. The average molecular weight is 327 g/mol. The summed E-state index contributed by atoms with van der Waals surface area (Å²) in [6, 6.07) is 22.9. The van der Waals surface area contributed by atoms with E-state index in [9.17, 15) is 0 Å². The molecule has 0 bridgehead atoms. The van der Waals surface area contributed by atoms with Gasteiger partial charge in [0, 0.05) is 34.0 Å². The molecule has 124 valence electrons. The van der Waals surface area contributed by atoms with Crippen LogP contribution in [0.1, 0.15) is 28.6 Å². The van der Waals surface area contributed by atoms with E-state index >= 15 is 0 Å². The number of anilines is 1. The SMILES string of the molecule is Cc1ccccc1N[C@H](c1ccccn1)c1c(C)[nH]c2ccccc12. The summed E-state index contributed by atoms with van der Waals surface area (Å²) in [5.41, 5.74) is 6.93. The van der Waals surface area contributed by atoms with Crippen LogP contribution in [0.2, 0.25) is 0 Å². The Morgan fingerprint density at radius 1 is 0.880 bits per heavy atom. The lowest BCUT2D eigenvalue weighted by molar-refractivity contribution is 0.882. The number of nitrogens with one attached hydrogen (secondary N) is 2. The van der Waals surface area contributed by atoms with Crippen LogP contribution in [0.3, 0.4) is 0 Å². The molecule has 2 aromatic carbocycles. The monoisotopic (exact) mass is 327 g/mol. The van der Waals surface area contributed by atoms with Crippen molar-refractivity contribution in [1.29, 1.82) is 0 Å². The fraction of sp³-hybridized carbons (Fsp3) is 0.136. The molecule has 3 nitrogen and oxygen atoms in total. The molecule has 2 aromatic heterocycles. The van der Waals surface area contributed by atoms with Crippen molar-refractivity contribution in [2.75, 3.05) is 5.32 Å². The van der Waals surface area contributed by atoms with E-state index in [1.54, 1.807) is 0 Å². The van der Waals surface area contributed by atoms with Crippen molar-refractivity contribution in [2.45, 2.75) is 19.9 Å². The molecule has 0 spiro atoms. The summed E-state index contributed by atoms with van der Waals surface area (Å²) in [7, 11) is 0. The lowest BCUT2D eigenvalue weighted by Crippen LogP contribution is -2.15. The normalized spacial score (nSPS) is 12.2. The lowest BCUT2D eigenvalue weighted by Gasteiger charge is -2.21. The standard InChI is InChI=1S/C22H21N3/c1-15-9-3-5-11-18(15)25-22(20-13-7-8-14-23-20)21-16(2)24-19-12-6-4-10-17(19)21/h3-14,22,24-25H,1-2H3/t22-/m1/s1. The van der Waals surface area contributed by atoms with Crippen LogP contribution < -0.4 is 5.32 Å². The highest BCUT2D eigenvalue weighted by Crippen LogP contribution is 2.34. The first-order chi connectivity index (χ1) is 12.2. The summed E-state index contributed by atoms with van der Waals surface area (Å²) in [6.07, 6.45) is 1.85. The molecule has 0 aliphatic carbocycles. The summed E-state index contributed by atoms with van der Waals surface area (Å²) in [5, 5.41) is 4.95. The molecule has 0 amide bonds. The molecule has 2 N–H and O–H groups in total. The smallest absolute Gasteiger partial charge is 0.0963 e. The molecule has 3 heteroatoms. The van der Waals surface area contributed by atoms with Crippen LogP contribution in [-0.2, 0) is 0 Å². The van der Waals surface area contributed by atoms with E-state index in [2.05, 4.69) is 83.7 Å². The molecule has 4 rings (SSSR count). The summed E-state index contributed by atoms with van der Waals surface area (Å²) in [6.45, 7) is 4.25. The molecule has 0 unspecified atom stereocenters. The molecule has 0 radical (unpaired) electrons. The van der Waals surface area contributed by atoms with Crippen molar-refractivity contribution in [3.63, 3.8) is 0 Å². The summed E-state index contributed by atoms with van der Waals surface area (Å²) < 4.78 is 0. The Morgan fingerprint density at radius 2 is 1.64 bits per heavy atom. The number of H-pyrrole nitrogens is 1. The second-order valence-electron chi connectivity index (χ2n) is 6.36. The van der Waals surface area contributed by atoms with Gasteiger partial charge in [-0.3, -0.25) is 4.98 Å². The number of hydrogen-bond donors (Lipinski definition) is 2. The van der Waals surface area contributed by atoms with Gasteiger partial charge >= 0.3 is 0 Å². The van der Waals surface area contributed by atoms with Crippen LogP contribution in [0.4, 0.5) is 5.69 Å². The minimum Gasteiger partial charge on any atom is -0.372 e. The fourth-order valence-electron chi connectivity index (χ4n) is 3.40. The van der Waals surface area contributed by atoms with Crippen LogP contribution in [0, 0.1) is 13.8 Å². The molecule has 0 saturated carbocycles. The second kappa shape index (κ2) is 6.44. The van der Waals surface area contributed by atoms with Crippen molar-refractivity contribution in [3.8, 4) is 0 Å². The van der Waals surface area contributed by atoms with Gasteiger partial charge in [0.1, 0.15) is 0 Å². The number of para-hydroxylation sites is 2. The molecule has 2 heterocycles. The Balaban J connectivity index is 1.88. The highest BCUT2D eigenvalue weighted by Gasteiger charge is 2.22.